The summed E-state index contributed by atoms with van der Waals surface area (Å²) in [5.74, 6) is -1.94. The number of carbonyl (C=O) groups is 3. The molecule has 18 heavy (non-hydrogen) atoms. The molecule has 1 aliphatic heterocycles. The lowest BCUT2D eigenvalue weighted by molar-refractivity contribution is -0.156. The number of nitrogens with one attached hydrogen (secondary N) is 1. The average molecular weight is 251 g/mol. The Bertz CT molecular complexity index is 426. The molecule has 1 heterocycles. The molecule has 1 atom stereocenters. The molecule has 1 unspecified atom stereocenters. The SMILES string of the molecule is CC(=O)NC(CC=O)(C(=O)O)N1C=CC=CC=N1. The van der Waals surface area contributed by atoms with Crippen LogP contribution in [0, 0.1) is 0 Å². The van der Waals surface area contributed by atoms with Crippen LogP contribution in [-0.4, -0.2) is 40.2 Å². The van der Waals surface area contributed by atoms with Gasteiger partial charge in [0.15, 0.2) is 0 Å². The molecule has 2 N–H and O–H groups in total. The highest BCUT2D eigenvalue weighted by molar-refractivity contribution is 5.88. The predicted molar refractivity (Wildman–Crippen MR) is 63.5 cm³/mol. The van der Waals surface area contributed by atoms with Gasteiger partial charge in [-0.05, 0) is 12.2 Å². The minimum Gasteiger partial charge on any atom is -0.478 e. The van der Waals surface area contributed by atoms with E-state index in [2.05, 4.69) is 10.4 Å². The Morgan fingerprint density at radius 3 is 2.72 bits per heavy atom. The van der Waals surface area contributed by atoms with E-state index in [1.807, 2.05) is 0 Å². The van der Waals surface area contributed by atoms with Gasteiger partial charge in [0.1, 0.15) is 6.29 Å². The number of hydrazone groups is 1. The van der Waals surface area contributed by atoms with E-state index < -0.39 is 24.0 Å². The number of carboxylic acids is 1. The number of nitrogens with zero attached hydrogens (tertiary/aromatic N) is 2. The molecule has 7 heteroatoms. The number of hydrogen-bond acceptors (Lipinski definition) is 5. The molecule has 0 aromatic heterocycles. The van der Waals surface area contributed by atoms with Crippen molar-refractivity contribution in [1.82, 2.24) is 10.3 Å². The third kappa shape index (κ3) is 2.82. The second-order valence-corrected chi connectivity index (χ2v) is 3.55. The summed E-state index contributed by atoms with van der Waals surface area (Å²) in [5.41, 5.74) is -1.91. The highest BCUT2D eigenvalue weighted by Gasteiger charge is 2.44. The van der Waals surface area contributed by atoms with Gasteiger partial charge in [0.05, 0.1) is 6.42 Å². The Hall–Kier alpha value is -2.44. The summed E-state index contributed by atoms with van der Waals surface area (Å²) in [4.78, 5) is 33.3. The fourth-order valence-electron chi connectivity index (χ4n) is 1.47. The zero-order valence-corrected chi connectivity index (χ0v) is 9.74. The fraction of sp³-hybridized carbons (Fsp3) is 0.273. The second-order valence-electron chi connectivity index (χ2n) is 3.55. The summed E-state index contributed by atoms with van der Waals surface area (Å²) >= 11 is 0. The van der Waals surface area contributed by atoms with Gasteiger partial charge >= 0.3 is 5.97 Å². The third-order valence-electron chi connectivity index (χ3n) is 2.23. The molecule has 1 rings (SSSR count). The maximum absolute atomic E-state index is 11.4. The molecular weight excluding hydrogens is 238 g/mol. The molecule has 0 spiro atoms. The van der Waals surface area contributed by atoms with E-state index in [9.17, 15) is 19.5 Å². The van der Waals surface area contributed by atoms with Crippen LogP contribution in [-0.2, 0) is 14.4 Å². The molecule has 1 amide bonds. The Morgan fingerprint density at radius 1 is 1.44 bits per heavy atom. The Labute approximate surface area is 103 Å². The Morgan fingerprint density at radius 2 is 2.17 bits per heavy atom. The van der Waals surface area contributed by atoms with Crippen molar-refractivity contribution in [2.45, 2.75) is 19.0 Å². The van der Waals surface area contributed by atoms with E-state index in [-0.39, 0.29) is 0 Å². The van der Waals surface area contributed by atoms with Crippen LogP contribution in [0.4, 0.5) is 0 Å². The minimum absolute atomic E-state index is 0.422. The van der Waals surface area contributed by atoms with Gasteiger partial charge in [-0.15, -0.1) is 0 Å². The van der Waals surface area contributed by atoms with Crippen LogP contribution in [0.25, 0.3) is 0 Å². The largest absolute Gasteiger partial charge is 0.478 e. The summed E-state index contributed by atoms with van der Waals surface area (Å²) in [6, 6.07) is 0. The molecule has 0 aromatic rings. The summed E-state index contributed by atoms with van der Waals surface area (Å²) in [6.45, 7) is 1.17. The van der Waals surface area contributed by atoms with Gasteiger partial charge in [0.25, 0.3) is 0 Å². The lowest BCUT2D eigenvalue weighted by atomic mass is 10.1. The van der Waals surface area contributed by atoms with Gasteiger partial charge in [-0.1, -0.05) is 6.08 Å². The Balaban J connectivity index is 3.19. The first kappa shape index (κ1) is 13.6. The van der Waals surface area contributed by atoms with E-state index in [0.29, 0.717) is 6.29 Å². The number of amides is 1. The molecule has 7 nitrogen and oxygen atoms in total. The molecule has 96 valence electrons. The first-order valence-electron chi connectivity index (χ1n) is 5.15. The number of carbonyl (C=O) groups excluding carboxylic acids is 2. The first-order valence-corrected chi connectivity index (χ1v) is 5.15. The van der Waals surface area contributed by atoms with Crippen LogP contribution in [0.15, 0.2) is 29.5 Å². The van der Waals surface area contributed by atoms with Gasteiger partial charge in [-0.3, -0.25) is 4.79 Å². The number of aldehydes is 1. The topological polar surface area (TPSA) is 99.1 Å². The summed E-state index contributed by atoms with van der Waals surface area (Å²) in [6.07, 6.45) is 7.52. The molecule has 0 aliphatic carbocycles. The number of allylic oxidation sites excluding steroid dienone is 3. The highest BCUT2D eigenvalue weighted by Crippen LogP contribution is 2.19. The normalized spacial score (nSPS) is 16.8. The van der Waals surface area contributed by atoms with Crippen LogP contribution in [0.2, 0.25) is 0 Å². The number of carboxylic acid groups (broad SMARTS) is 1. The van der Waals surface area contributed by atoms with Crippen molar-refractivity contribution in [3.8, 4) is 0 Å². The standard InChI is InChI=1S/C11H13N3O4/c1-9(16)13-11(5-8-15,10(17)18)14-7-4-2-3-6-12-14/h2-4,6-8H,5H2,1H3,(H,13,16)(H,17,18). The maximum atomic E-state index is 11.4. The van der Waals surface area contributed by atoms with Gasteiger partial charge in [-0.25, -0.2) is 9.80 Å². The van der Waals surface area contributed by atoms with Crippen LogP contribution >= 0.6 is 0 Å². The van der Waals surface area contributed by atoms with Crippen molar-refractivity contribution in [3.63, 3.8) is 0 Å². The minimum atomic E-state index is -1.91. The highest BCUT2D eigenvalue weighted by atomic mass is 16.4. The first-order chi connectivity index (χ1) is 8.53. The van der Waals surface area contributed by atoms with E-state index in [4.69, 9.17) is 0 Å². The van der Waals surface area contributed by atoms with Crippen molar-refractivity contribution in [2.24, 2.45) is 5.10 Å². The summed E-state index contributed by atoms with van der Waals surface area (Å²) in [7, 11) is 0. The van der Waals surface area contributed by atoms with Gasteiger partial charge in [0.2, 0.25) is 11.6 Å². The molecule has 0 aromatic carbocycles. The van der Waals surface area contributed by atoms with E-state index in [1.165, 1.54) is 19.3 Å². The second kappa shape index (κ2) is 5.76. The van der Waals surface area contributed by atoms with Gasteiger partial charge in [-0.2, -0.15) is 5.10 Å². The smallest absolute Gasteiger partial charge is 0.353 e. The number of rotatable bonds is 5. The van der Waals surface area contributed by atoms with Crippen LogP contribution in [0.5, 0.6) is 0 Å². The van der Waals surface area contributed by atoms with Crippen LogP contribution in [0.1, 0.15) is 13.3 Å². The molecule has 0 radical (unpaired) electrons. The molecule has 1 aliphatic rings. The van der Waals surface area contributed by atoms with E-state index in [0.717, 1.165) is 5.01 Å². The lowest BCUT2D eigenvalue weighted by Crippen LogP contribution is -2.62. The van der Waals surface area contributed by atoms with Gasteiger partial charge in [0, 0.05) is 19.3 Å². The number of aliphatic carboxylic acids is 1. The zero-order chi connectivity index (χ0) is 13.6. The maximum Gasteiger partial charge on any atom is 0.353 e. The van der Waals surface area contributed by atoms with Crippen molar-refractivity contribution in [3.05, 3.63) is 24.4 Å². The summed E-state index contributed by atoms with van der Waals surface area (Å²) < 4.78 is 0. The third-order valence-corrected chi connectivity index (χ3v) is 2.23. The van der Waals surface area contributed by atoms with Crippen molar-refractivity contribution >= 4 is 24.4 Å². The zero-order valence-electron chi connectivity index (χ0n) is 9.74. The summed E-state index contributed by atoms with van der Waals surface area (Å²) in [5, 5.41) is 16.5. The van der Waals surface area contributed by atoms with E-state index >= 15 is 0 Å². The molecule has 0 saturated carbocycles. The van der Waals surface area contributed by atoms with E-state index in [1.54, 1.807) is 18.2 Å². The number of hydrogen-bond donors (Lipinski definition) is 2. The molecule has 0 bridgehead atoms. The van der Waals surface area contributed by atoms with Gasteiger partial charge < -0.3 is 15.2 Å². The quantitative estimate of drug-likeness (QED) is 0.663. The molecule has 0 saturated heterocycles. The molecular formula is C11H13N3O4. The van der Waals surface area contributed by atoms with Crippen LogP contribution in [0.3, 0.4) is 0 Å². The fourth-order valence-corrected chi connectivity index (χ4v) is 1.47. The van der Waals surface area contributed by atoms with Crippen molar-refractivity contribution in [2.75, 3.05) is 0 Å². The van der Waals surface area contributed by atoms with Crippen molar-refractivity contribution < 1.29 is 19.5 Å². The lowest BCUT2D eigenvalue weighted by Gasteiger charge is -2.35. The van der Waals surface area contributed by atoms with Crippen molar-refractivity contribution in [1.29, 1.82) is 0 Å². The predicted octanol–water partition coefficient (Wildman–Crippen LogP) is -0.136. The Kier molecular flexibility index (Phi) is 4.36. The average Bonchev–Trinajstić information content (AvgIpc) is 2.56. The molecule has 0 fully saturated rings. The van der Waals surface area contributed by atoms with Crippen LogP contribution < -0.4 is 5.32 Å². The monoisotopic (exact) mass is 251 g/mol.